The van der Waals surface area contributed by atoms with Gasteiger partial charge in [0.15, 0.2) is 11.4 Å². The smallest absolute Gasteiger partial charge is 0.858 e. The van der Waals surface area contributed by atoms with Crippen molar-refractivity contribution in [2.45, 2.75) is 6.04 Å². The van der Waals surface area contributed by atoms with E-state index in [9.17, 15) is 42.7 Å². The Hall–Kier alpha value is -6.16. The van der Waals surface area contributed by atoms with Crippen molar-refractivity contribution < 1.29 is 102 Å². The van der Waals surface area contributed by atoms with Gasteiger partial charge in [0.2, 0.25) is 11.8 Å². The van der Waals surface area contributed by atoms with Gasteiger partial charge in [0.25, 0.3) is 16.0 Å². The summed E-state index contributed by atoms with van der Waals surface area (Å²) in [5.74, 6) is -4.18. The normalized spacial score (nSPS) is 16.0. The number of aliphatic imine (C=N–C) groups is 2. The van der Waals surface area contributed by atoms with Crippen LogP contribution in [-0.4, -0.2) is 65.0 Å². The number of rotatable bonds is 11. The molecule has 294 valence electrons. The van der Waals surface area contributed by atoms with Crippen molar-refractivity contribution in [3.8, 4) is 0 Å². The number of hydrazone groups is 2. The molecule has 18 nitrogen and oxygen atoms in total. The maximum Gasteiger partial charge on any atom is 1.00 e. The summed E-state index contributed by atoms with van der Waals surface area (Å²) < 4.78 is 34.7. The van der Waals surface area contributed by atoms with Crippen LogP contribution in [0.4, 0.5) is 34.1 Å². The molecule has 61 heavy (non-hydrogen) atoms. The number of amides is 1. The van der Waals surface area contributed by atoms with Gasteiger partial charge < -0.3 is 21.1 Å². The number of nitrogens with two attached hydrogens (primary N) is 1. The molecule has 21 heteroatoms. The molecule has 0 saturated heterocycles. The minimum atomic E-state index is -4.96. The number of Topliss-reactive ketones (excluding diaryl/α,β-unsaturated/α-hetero) is 1. The number of benzene rings is 5. The van der Waals surface area contributed by atoms with Gasteiger partial charge in [-0.25, -0.2) is 4.79 Å². The third kappa shape index (κ3) is 10.6. The molecule has 1 unspecified atom stereocenters. The number of para-hydroxylation sites is 1. The van der Waals surface area contributed by atoms with Gasteiger partial charge in [-0.05, 0) is 113 Å². The van der Waals surface area contributed by atoms with Crippen LogP contribution in [0.5, 0.6) is 0 Å². The first-order valence-corrected chi connectivity index (χ1v) is 18.6. The molecule has 1 amide bonds. The third-order valence-corrected chi connectivity index (χ3v) is 9.48. The molecule has 0 radical (unpaired) electrons. The third-order valence-electron chi connectivity index (χ3n) is 8.61. The summed E-state index contributed by atoms with van der Waals surface area (Å²) >= 11 is 0. The fourth-order valence-electron chi connectivity index (χ4n) is 5.68. The molecule has 5 aromatic rings. The first kappa shape index (κ1) is 45.9. The molecule has 7 rings (SSSR count). The molecule has 5 aromatic carbocycles. The molecule has 2 aliphatic rings. The Labute approximate surface area is 391 Å². The Balaban J connectivity index is 0.00000352. The first-order chi connectivity index (χ1) is 28.2. The van der Waals surface area contributed by atoms with Gasteiger partial charge in [-0.15, -0.1) is 0 Å². The number of allylic oxidation sites excluding steroid dienone is 1. The maximum atomic E-state index is 13.4. The zero-order chi connectivity index (χ0) is 41.8. The van der Waals surface area contributed by atoms with E-state index in [1.54, 1.807) is 30.3 Å². The molecule has 1 aliphatic heterocycles. The number of azo groups is 1. The Morgan fingerprint density at radius 3 is 1.97 bits per heavy atom. The summed E-state index contributed by atoms with van der Waals surface area (Å²) in [6, 6.07) is 28.5. The number of carboxylic acid groups (broad SMARTS) is 1. The molecule has 5 N–H and O–H groups in total. The summed E-state index contributed by atoms with van der Waals surface area (Å²) in [6.45, 7) is 0. The van der Waals surface area contributed by atoms with Crippen molar-refractivity contribution in [1.82, 2.24) is 0 Å². The average molecular weight is 856 g/mol. The number of aliphatic carboxylic acids is 1. The summed E-state index contributed by atoms with van der Waals surface area (Å²) in [4.78, 5) is 45.4. The summed E-state index contributed by atoms with van der Waals surface area (Å²) in [5.41, 5.74) is 9.37. The number of nitrogens with one attached hydrogen (secondary N) is 1. The Morgan fingerprint density at radius 2 is 1.36 bits per heavy atom. The molecular formula is C40H27N9Na2O9S. The van der Waals surface area contributed by atoms with Crippen LogP contribution < -0.4 is 85.5 Å². The van der Waals surface area contributed by atoms with Gasteiger partial charge in [-0.2, -0.15) is 33.9 Å². The van der Waals surface area contributed by atoms with Gasteiger partial charge in [-0.3, -0.25) is 29.6 Å². The number of fused-ring (bicyclic) bond motifs is 1. The van der Waals surface area contributed by atoms with Gasteiger partial charge in [0.05, 0.1) is 28.4 Å². The quantitative estimate of drug-likeness (QED) is 0.0214. The van der Waals surface area contributed by atoms with Crippen LogP contribution in [0.2, 0.25) is 0 Å². The van der Waals surface area contributed by atoms with Crippen LogP contribution in [0.25, 0.3) is 6.08 Å². The van der Waals surface area contributed by atoms with E-state index in [2.05, 4.69) is 35.8 Å². The van der Waals surface area contributed by atoms with Gasteiger partial charge in [-0.1, -0.05) is 42.5 Å². The fraction of sp³-hybridized carbons (Fsp3) is 0.0250. The predicted octanol–water partition coefficient (Wildman–Crippen LogP) is -2.01. The van der Waals surface area contributed by atoms with Crippen LogP contribution >= 0.6 is 0 Å². The number of anilines is 3. The predicted molar refractivity (Wildman–Crippen MR) is 215 cm³/mol. The van der Waals surface area contributed by atoms with E-state index in [1.807, 2.05) is 0 Å². The van der Waals surface area contributed by atoms with Crippen molar-refractivity contribution in [1.29, 1.82) is 0 Å². The number of carbonyl (C=O) groups is 3. The molecule has 0 saturated carbocycles. The Morgan fingerprint density at radius 1 is 0.787 bits per heavy atom. The van der Waals surface area contributed by atoms with Crippen molar-refractivity contribution in [3.63, 3.8) is 0 Å². The van der Waals surface area contributed by atoms with Crippen molar-refractivity contribution >= 4 is 91.2 Å². The van der Waals surface area contributed by atoms with Crippen LogP contribution in [0.15, 0.2) is 157 Å². The number of nitrogens with zero attached hydrogens (tertiary/aromatic N) is 7. The molecule has 0 aromatic heterocycles. The molecule has 0 spiro atoms. The second-order valence-corrected chi connectivity index (χ2v) is 14.0. The number of hydrogen-bond donors (Lipinski definition) is 4. The number of ketones is 1. The number of carbonyl (C=O) groups excluding carboxylic acids is 2. The van der Waals surface area contributed by atoms with Gasteiger partial charge >= 0.3 is 65.1 Å². The standard InChI is InChI=1S/C40H29N9O9S.2Na/c41-25-10-6-22(7-11-25)38(52)43-29-18-19-31-24(20-29)21-32(59(56,57)58)33(36(31)50)46-44-27-12-8-23(9-13-27)37(51)42-26-14-16-28(17-15-26)45-47-34-35(40(54)55)48-49(39(34)53)30-4-2-1-3-5-30;;/h1-21,34,44H,41H2,(H,42,51)(H,43,52)(H,54,55)(H,56,57,58);;/q;2*+1/p-2/b46-33-,47-45?;;. The van der Waals surface area contributed by atoms with Gasteiger partial charge in [0.1, 0.15) is 4.91 Å². The molecule has 1 heterocycles. The monoisotopic (exact) mass is 855 g/mol. The maximum absolute atomic E-state index is 13.4. The van der Waals surface area contributed by atoms with Crippen molar-refractivity contribution in [2.75, 3.05) is 16.2 Å². The topological polar surface area (TPSA) is 287 Å². The number of hydrogen-bond acceptors (Lipinski definition) is 15. The van der Waals surface area contributed by atoms with Crippen molar-refractivity contribution in [3.05, 3.63) is 148 Å². The summed E-state index contributed by atoms with van der Waals surface area (Å²) in [5, 5.41) is 51.9. The van der Waals surface area contributed by atoms with E-state index >= 15 is 0 Å². The van der Waals surface area contributed by atoms with E-state index in [-0.39, 0.29) is 104 Å². The van der Waals surface area contributed by atoms with E-state index in [1.165, 1.54) is 91.0 Å². The van der Waals surface area contributed by atoms with E-state index < -0.39 is 61.9 Å². The second kappa shape index (κ2) is 19.5. The largest absolute Gasteiger partial charge is 1.00 e. The molecule has 1 aliphatic carbocycles. The number of nitrogen functional groups attached to an aromatic ring is 1. The minimum Gasteiger partial charge on any atom is -0.858 e. The zero-order valence-electron chi connectivity index (χ0n) is 32.1. The average Bonchev–Trinajstić information content (AvgIpc) is 3.56. The van der Waals surface area contributed by atoms with Crippen molar-refractivity contribution in [2.24, 2.45) is 30.4 Å². The first-order valence-electron chi connectivity index (χ1n) is 17.2. The molecule has 1 atom stereocenters. The van der Waals surface area contributed by atoms with Crippen LogP contribution in [-0.2, 0) is 19.7 Å². The SMILES string of the molecule is Nc1ccc(C([O-])=Nc2ccc3c(c2)C=C(S(=O)(=O)O)/C(=N/Nc2ccc(C([O-])=Nc4ccc(N=NC5C(=O)N(c6ccccc6)N=C5C(=O)O)cc4)cc2)C3=O)cc1.[Na+].[Na+]. The fourth-order valence-corrected chi connectivity index (χ4v) is 6.33. The zero-order valence-corrected chi connectivity index (χ0v) is 36.9. The molecule has 0 bridgehead atoms. The van der Waals surface area contributed by atoms with E-state index in [0.717, 1.165) is 11.1 Å². The van der Waals surface area contributed by atoms with E-state index in [0.29, 0.717) is 11.4 Å². The summed E-state index contributed by atoms with van der Waals surface area (Å²) in [6.07, 6.45) is 1.04. The van der Waals surface area contributed by atoms with Gasteiger partial charge in [0, 0.05) is 11.3 Å². The Kier molecular flexibility index (Phi) is 14.7. The Bertz CT molecular complexity index is 2820. The van der Waals surface area contributed by atoms with Crippen LogP contribution in [0.3, 0.4) is 0 Å². The number of carboxylic acids is 1. The summed E-state index contributed by atoms with van der Waals surface area (Å²) in [7, 11) is -4.96. The second-order valence-electron chi connectivity index (χ2n) is 12.6. The minimum absolute atomic E-state index is 0. The van der Waals surface area contributed by atoms with Crippen LogP contribution in [0, 0.1) is 0 Å². The van der Waals surface area contributed by atoms with E-state index in [4.69, 9.17) is 5.73 Å². The van der Waals surface area contributed by atoms with Crippen LogP contribution in [0.1, 0.15) is 27.0 Å². The molecule has 0 fully saturated rings. The molecular weight excluding hydrogens is 829 g/mol.